The molecule has 74 valence electrons. The molecule has 0 saturated heterocycles. The number of halogens is 4. The highest BCUT2D eigenvalue weighted by molar-refractivity contribution is 6.20. The minimum atomic E-state index is -4.12. The molecule has 1 nitrogen and oxygen atoms in total. The van der Waals surface area contributed by atoms with Crippen molar-refractivity contribution >= 4 is 11.6 Å². The van der Waals surface area contributed by atoms with Gasteiger partial charge in [0.25, 0.3) is 0 Å². The Morgan fingerprint density at radius 1 is 1.42 bits per heavy atom. The van der Waals surface area contributed by atoms with Gasteiger partial charge in [0, 0.05) is 5.38 Å². The Kier molecular flexibility index (Phi) is 5.66. The van der Waals surface area contributed by atoms with Gasteiger partial charge in [0.05, 0.1) is 6.54 Å². The standard InChI is InChI=1S/C7H13ClF3N/c1-2-6(8)3-4-12-5-7(9,10)11/h6,12H,2-5H2,1H3. The fourth-order valence-electron chi connectivity index (χ4n) is 0.693. The van der Waals surface area contributed by atoms with E-state index in [0.717, 1.165) is 6.42 Å². The fourth-order valence-corrected chi connectivity index (χ4v) is 0.802. The van der Waals surface area contributed by atoms with E-state index in [4.69, 9.17) is 11.6 Å². The van der Waals surface area contributed by atoms with Crippen molar-refractivity contribution in [1.29, 1.82) is 0 Å². The molecule has 0 heterocycles. The third kappa shape index (κ3) is 8.14. The molecule has 0 aromatic rings. The lowest BCUT2D eigenvalue weighted by molar-refractivity contribution is -0.124. The Balaban J connectivity index is 3.22. The number of hydrogen-bond donors (Lipinski definition) is 1. The van der Waals surface area contributed by atoms with Crippen LogP contribution in [0.2, 0.25) is 0 Å². The van der Waals surface area contributed by atoms with Crippen LogP contribution in [0, 0.1) is 0 Å². The molecule has 5 heteroatoms. The summed E-state index contributed by atoms with van der Waals surface area (Å²) in [5.74, 6) is 0. The van der Waals surface area contributed by atoms with Crippen LogP contribution in [-0.4, -0.2) is 24.6 Å². The van der Waals surface area contributed by atoms with Gasteiger partial charge < -0.3 is 5.32 Å². The number of alkyl halides is 4. The van der Waals surface area contributed by atoms with Crippen LogP contribution in [0.5, 0.6) is 0 Å². The van der Waals surface area contributed by atoms with Crippen molar-refractivity contribution in [2.75, 3.05) is 13.1 Å². The van der Waals surface area contributed by atoms with Crippen molar-refractivity contribution in [3.63, 3.8) is 0 Å². The zero-order chi connectivity index (χ0) is 9.61. The highest BCUT2D eigenvalue weighted by atomic mass is 35.5. The van der Waals surface area contributed by atoms with Gasteiger partial charge in [-0.05, 0) is 19.4 Å². The largest absolute Gasteiger partial charge is 0.401 e. The van der Waals surface area contributed by atoms with E-state index in [1.54, 1.807) is 0 Å². The van der Waals surface area contributed by atoms with Gasteiger partial charge in [-0.3, -0.25) is 0 Å². The highest BCUT2D eigenvalue weighted by Crippen LogP contribution is 2.12. The maximum absolute atomic E-state index is 11.6. The maximum Gasteiger partial charge on any atom is 0.401 e. The van der Waals surface area contributed by atoms with E-state index in [2.05, 4.69) is 5.32 Å². The molecule has 0 fully saturated rings. The molecule has 0 rings (SSSR count). The normalized spacial score (nSPS) is 14.8. The van der Waals surface area contributed by atoms with Crippen LogP contribution in [0.3, 0.4) is 0 Å². The van der Waals surface area contributed by atoms with Crippen molar-refractivity contribution in [2.45, 2.75) is 31.3 Å². The quantitative estimate of drug-likeness (QED) is 0.535. The van der Waals surface area contributed by atoms with Crippen molar-refractivity contribution in [2.24, 2.45) is 0 Å². The molecule has 0 aliphatic heterocycles. The van der Waals surface area contributed by atoms with Gasteiger partial charge in [0.15, 0.2) is 0 Å². The molecule has 0 aromatic carbocycles. The highest BCUT2D eigenvalue weighted by Gasteiger charge is 2.25. The Labute approximate surface area is 75.3 Å². The predicted molar refractivity (Wildman–Crippen MR) is 43.5 cm³/mol. The van der Waals surface area contributed by atoms with Crippen LogP contribution in [0.4, 0.5) is 13.2 Å². The topological polar surface area (TPSA) is 12.0 Å². The van der Waals surface area contributed by atoms with E-state index in [9.17, 15) is 13.2 Å². The summed E-state index contributed by atoms with van der Waals surface area (Å²) >= 11 is 5.69. The Morgan fingerprint density at radius 3 is 2.42 bits per heavy atom. The molecule has 0 bridgehead atoms. The van der Waals surface area contributed by atoms with Gasteiger partial charge in [-0.1, -0.05) is 6.92 Å². The van der Waals surface area contributed by atoms with Crippen molar-refractivity contribution < 1.29 is 13.2 Å². The van der Waals surface area contributed by atoms with Crippen LogP contribution in [-0.2, 0) is 0 Å². The summed E-state index contributed by atoms with van der Waals surface area (Å²) in [5.41, 5.74) is 0. The number of hydrogen-bond acceptors (Lipinski definition) is 1. The first-order valence-corrected chi connectivity index (χ1v) is 4.31. The molecule has 1 atom stereocenters. The van der Waals surface area contributed by atoms with Crippen LogP contribution in [0.15, 0.2) is 0 Å². The number of nitrogens with one attached hydrogen (secondary N) is 1. The van der Waals surface area contributed by atoms with Crippen LogP contribution in [0.25, 0.3) is 0 Å². The van der Waals surface area contributed by atoms with Gasteiger partial charge in [0.2, 0.25) is 0 Å². The zero-order valence-electron chi connectivity index (χ0n) is 6.92. The minimum absolute atomic E-state index is 0.0225. The second-order valence-electron chi connectivity index (χ2n) is 2.59. The average molecular weight is 204 g/mol. The van der Waals surface area contributed by atoms with Crippen molar-refractivity contribution in [3.05, 3.63) is 0 Å². The second kappa shape index (κ2) is 5.65. The minimum Gasteiger partial charge on any atom is -0.309 e. The summed E-state index contributed by atoms with van der Waals surface area (Å²) in [5, 5.41) is 2.26. The first-order valence-electron chi connectivity index (χ1n) is 3.87. The summed E-state index contributed by atoms with van der Waals surface area (Å²) in [6.07, 6.45) is -2.75. The molecule has 1 unspecified atom stereocenters. The third-order valence-corrected chi connectivity index (χ3v) is 1.93. The molecule has 0 spiro atoms. The molecule has 0 radical (unpaired) electrons. The van der Waals surface area contributed by atoms with E-state index < -0.39 is 12.7 Å². The van der Waals surface area contributed by atoms with Gasteiger partial charge in [-0.25, -0.2) is 0 Å². The Hall–Kier alpha value is 0.0400. The van der Waals surface area contributed by atoms with Crippen molar-refractivity contribution in [3.8, 4) is 0 Å². The lowest BCUT2D eigenvalue weighted by Crippen LogP contribution is -2.30. The molecule has 0 aromatic heterocycles. The first kappa shape index (κ1) is 12.0. The lowest BCUT2D eigenvalue weighted by Gasteiger charge is -2.09. The molecular weight excluding hydrogens is 191 g/mol. The molecule has 0 amide bonds. The van der Waals surface area contributed by atoms with E-state index in [0.29, 0.717) is 13.0 Å². The zero-order valence-corrected chi connectivity index (χ0v) is 7.67. The summed E-state index contributed by atoms with van der Waals surface area (Å²) in [4.78, 5) is 0. The monoisotopic (exact) mass is 203 g/mol. The molecule has 0 aliphatic carbocycles. The third-order valence-electron chi connectivity index (χ3n) is 1.40. The summed E-state index contributed by atoms with van der Waals surface area (Å²) < 4.78 is 34.7. The lowest BCUT2D eigenvalue weighted by atomic mass is 10.2. The van der Waals surface area contributed by atoms with E-state index >= 15 is 0 Å². The molecule has 1 N–H and O–H groups in total. The predicted octanol–water partition coefficient (Wildman–Crippen LogP) is 2.55. The SMILES string of the molecule is CCC(Cl)CCNCC(F)(F)F. The van der Waals surface area contributed by atoms with Gasteiger partial charge in [-0.15, -0.1) is 11.6 Å². The summed E-state index contributed by atoms with van der Waals surface area (Å²) in [6, 6.07) is 0. The summed E-state index contributed by atoms with van der Waals surface area (Å²) in [6.45, 7) is 1.29. The smallest absolute Gasteiger partial charge is 0.309 e. The van der Waals surface area contributed by atoms with Crippen LogP contribution in [0.1, 0.15) is 19.8 Å². The maximum atomic E-state index is 11.6. The number of rotatable bonds is 5. The average Bonchev–Trinajstić information content (AvgIpc) is 1.96. The van der Waals surface area contributed by atoms with Crippen LogP contribution >= 0.6 is 11.6 Å². The van der Waals surface area contributed by atoms with Crippen LogP contribution < -0.4 is 5.32 Å². The Bertz CT molecular complexity index is 116. The van der Waals surface area contributed by atoms with E-state index in [1.165, 1.54) is 0 Å². The second-order valence-corrected chi connectivity index (χ2v) is 3.20. The first-order chi connectivity index (χ1) is 5.45. The fraction of sp³-hybridized carbons (Fsp3) is 1.00. The molecule has 12 heavy (non-hydrogen) atoms. The molecule has 0 aliphatic rings. The summed E-state index contributed by atoms with van der Waals surface area (Å²) in [7, 11) is 0. The molecular formula is C7H13ClF3N. The van der Waals surface area contributed by atoms with Gasteiger partial charge >= 0.3 is 6.18 Å². The van der Waals surface area contributed by atoms with Gasteiger partial charge in [-0.2, -0.15) is 13.2 Å². The van der Waals surface area contributed by atoms with Crippen molar-refractivity contribution in [1.82, 2.24) is 5.32 Å². The van der Waals surface area contributed by atoms with Gasteiger partial charge in [0.1, 0.15) is 0 Å². The van der Waals surface area contributed by atoms with E-state index in [1.807, 2.05) is 6.92 Å². The molecule has 0 saturated carbocycles. The van der Waals surface area contributed by atoms with E-state index in [-0.39, 0.29) is 5.38 Å². The Morgan fingerprint density at radius 2 is 2.00 bits per heavy atom.